The Hall–Kier alpha value is -2.08. The molecule has 1 aromatic rings. The molecule has 0 atom stereocenters. The quantitative estimate of drug-likeness (QED) is 0.671. The summed E-state index contributed by atoms with van der Waals surface area (Å²) < 4.78 is 10.7. The molecule has 0 unspecified atom stereocenters. The van der Waals surface area contributed by atoms with E-state index in [9.17, 15) is 9.59 Å². The van der Waals surface area contributed by atoms with Crippen LogP contribution in [-0.2, 0) is 14.3 Å². The average Bonchev–Trinajstić information content (AvgIpc) is 2.63. The van der Waals surface area contributed by atoms with Crippen molar-refractivity contribution >= 4 is 11.9 Å². The fraction of sp³-hybridized carbons (Fsp3) is 0.579. The molecular weight excluding hydrogens is 320 g/mol. The van der Waals surface area contributed by atoms with Crippen LogP contribution in [0.5, 0.6) is 5.75 Å². The lowest BCUT2D eigenvalue weighted by Crippen LogP contribution is -2.45. The summed E-state index contributed by atoms with van der Waals surface area (Å²) in [5.74, 6) is 0.735. The molecule has 2 rings (SSSR count). The van der Waals surface area contributed by atoms with Crippen LogP contribution in [-0.4, -0.2) is 68.1 Å². The van der Waals surface area contributed by atoms with Crippen LogP contribution in [0.3, 0.4) is 0 Å². The van der Waals surface area contributed by atoms with Gasteiger partial charge in [0.25, 0.3) is 0 Å². The van der Waals surface area contributed by atoms with Crippen molar-refractivity contribution in [2.24, 2.45) is 5.92 Å². The van der Waals surface area contributed by atoms with Gasteiger partial charge in [0.05, 0.1) is 19.1 Å². The SMILES string of the molecule is CCOC(=O)C1CCN(C(=O)CN(C)CCOc2ccccc2)CC1. The van der Waals surface area contributed by atoms with Crippen molar-refractivity contribution in [2.75, 3.05) is 46.4 Å². The van der Waals surface area contributed by atoms with Gasteiger partial charge in [-0.2, -0.15) is 0 Å². The van der Waals surface area contributed by atoms with Gasteiger partial charge in [-0.15, -0.1) is 0 Å². The van der Waals surface area contributed by atoms with Crippen LogP contribution < -0.4 is 4.74 Å². The number of benzene rings is 1. The Morgan fingerprint density at radius 3 is 2.52 bits per heavy atom. The molecule has 6 nitrogen and oxygen atoms in total. The highest BCUT2D eigenvalue weighted by molar-refractivity contribution is 5.79. The van der Waals surface area contributed by atoms with Gasteiger partial charge in [0.15, 0.2) is 0 Å². The number of esters is 1. The maximum absolute atomic E-state index is 12.4. The van der Waals surface area contributed by atoms with E-state index in [-0.39, 0.29) is 17.8 Å². The van der Waals surface area contributed by atoms with Gasteiger partial charge >= 0.3 is 5.97 Å². The Labute approximate surface area is 149 Å². The van der Waals surface area contributed by atoms with E-state index in [1.165, 1.54) is 0 Å². The van der Waals surface area contributed by atoms with Gasteiger partial charge in [-0.05, 0) is 38.9 Å². The Kier molecular flexibility index (Phi) is 7.73. The van der Waals surface area contributed by atoms with E-state index >= 15 is 0 Å². The maximum Gasteiger partial charge on any atom is 0.309 e. The smallest absolute Gasteiger partial charge is 0.309 e. The molecule has 0 N–H and O–H groups in total. The van der Waals surface area contributed by atoms with E-state index in [1.54, 1.807) is 0 Å². The van der Waals surface area contributed by atoms with Crippen LogP contribution in [0.25, 0.3) is 0 Å². The fourth-order valence-electron chi connectivity index (χ4n) is 2.87. The lowest BCUT2D eigenvalue weighted by Gasteiger charge is -2.32. The minimum Gasteiger partial charge on any atom is -0.492 e. The lowest BCUT2D eigenvalue weighted by atomic mass is 9.97. The molecule has 0 aromatic heterocycles. The Bertz CT molecular complexity index is 542. The molecule has 0 aliphatic carbocycles. The molecule has 25 heavy (non-hydrogen) atoms. The van der Waals surface area contributed by atoms with E-state index in [0.717, 1.165) is 5.75 Å². The third-order valence-corrected chi connectivity index (χ3v) is 4.36. The molecule has 0 saturated carbocycles. The Morgan fingerprint density at radius 2 is 1.88 bits per heavy atom. The van der Waals surface area contributed by atoms with Gasteiger partial charge in [0.1, 0.15) is 12.4 Å². The molecule has 0 bridgehead atoms. The summed E-state index contributed by atoms with van der Waals surface area (Å²) in [5.41, 5.74) is 0. The van der Waals surface area contributed by atoms with Crippen molar-refractivity contribution in [3.05, 3.63) is 30.3 Å². The molecule has 1 saturated heterocycles. The summed E-state index contributed by atoms with van der Waals surface area (Å²) in [6.45, 7) is 5.05. The van der Waals surface area contributed by atoms with E-state index < -0.39 is 0 Å². The first-order chi connectivity index (χ1) is 12.1. The number of likely N-dealkylation sites (N-methyl/N-ethyl adjacent to an activating group) is 1. The largest absolute Gasteiger partial charge is 0.492 e. The minimum absolute atomic E-state index is 0.0685. The summed E-state index contributed by atoms with van der Waals surface area (Å²) in [4.78, 5) is 27.9. The molecule has 1 fully saturated rings. The van der Waals surface area contributed by atoms with Gasteiger partial charge < -0.3 is 14.4 Å². The third-order valence-electron chi connectivity index (χ3n) is 4.36. The second-order valence-electron chi connectivity index (χ2n) is 6.31. The zero-order valence-electron chi connectivity index (χ0n) is 15.1. The first-order valence-corrected chi connectivity index (χ1v) is 8.91. The zero-order valence-corrected chi connectivity index (χ0v) is 15.1. The number of likely N-dealkylation sites (tertiary alicyclic amines) is 1. The second-order valence-corrected chi connectivity index (χ2v) is 6.31. The van der Waals surface area contributed by atoms with Gasteiger partial charge in [0, 0.05) is 19.6 Å². The van der Waals surface area contributed by atoms with Crippen molar-refractivity contribution in [1.29, 1.82) is 0 Å². The van der Waals surface area contributed by atoms with Crippen LogP contribution >= 0.6 is 0 Å². The third kappa shape index (κ3) is 6.38. The van der Waals surface area contributed by atoms with E-state index in [2.05, 4.69) is 0 Å². The van der Waals surface area contributed by atoms with Crippen molar-refractivity contribution in [2.45, 2.75) is 19.8 Å². The highest BCUT2D eigenvalue weighted by atomic mass is 16.5. The van der Waals surface area contributed by atoms with Crippen LogP contribution in [0.2, 0.25) is 0 Å². The number of nitrogens with zero attached hydrogens (tertiary/aromatic N) is 2. The highest BCUT2D eigenvalue weighted by Gasteiger charge is 2.28. The lowest BCUT2D eigenvalue weighted by molar-refractivity contribution is -0.151. The normalized spacial score (nSPS) is 15.2. The molecule has 1 aromatic carbocycles. The van der Waals surface area contributed by atoms with E-state index in [1.807, 2.05) is 54.1 Å². The number of para-hydroxylation sites is 1. The zero-order chi connectivity index (χ0) is 18.1. The van der Waals surface area contributed by atoms with Gasteiger partial charge in [0.2, 0.25) is 5.91 Å². The number of hydrogen-bond donors (Lipinski definition) is 0. The number of hydrogen-bond acceptors (Lipinski definition) is 5. The van der Waals surface area contributed by atoms with Crippen molar-refractivity contribution < 1.29 is 19.1 Å². The molecule has 1 aliphatic heterocycles. The number of ether oxygens (including phenoxy) is 2. The number of carbonyl (C=O) groups is 2. The highest BCUT2D eigenvalue weighted by Crippen LogP contribution is 2.18. The number of amides is 1. The van der Waals surface area contributed by atoms with Crippen LogP contribution in [0.4, 0.5) is 0 Å². The monoisotopic (exact) mass is 348 g/mol. The summed E-state index contributed by atoms with van der Waals surface area (Å²) in [6.07, 6.45) is 1.37. The molecule has 6 heteroatoms. The molecule has 1 heterocycles. The van der Waals surface area contributed by atoms with Crippen molar-refractivity contribution in [3.8, 4) is 5.75 Å². The summed E-state index contributed by atoms with van der Waals surface area (Å²) >= 11 is 0. The maximum atomic E-state index is 12.4. The standard InChI is InChI=1S/C19H28N2O4/c1-3-24-19(23)16-9-11-21(12-10-16)18(22)15-20(2)13-14-25-17-7-5-4-6-8-17/h4-8,16H,3,9-15H2,1-2H3. The number of piperidine rings is 1. The fourth-order valence-corrected chi connectivity index (χ4v) is 2.87. The Morgan fingerprint density at radius 1 is 1.20 bits per heavy atom. The summed E-state index contributed by atoms with van der Waals surface area (Å²) in [7, 11) is 1.91. The average molecular weight is 348 g/mol. The Balaban J connectivity index is 1.65. The van der Waals surface area contributed by atoms with Crippen LogP contribution in [0.15, 0.2) is 30.3 Å². The topological polar surface area (TPSA) is 59.1 Å². The molecule has 138 valence electrons. The molecule has 1 aliphatic rings. The minimum atomic E-state index is -0.134. The predicted molar refractivity (Wildman–Crippen MR) is 95.4 cm³/mol. The molecule has 0 radical (unpaired) electrons. The van der Waals surface area contributed by atoms with Gasteiger partial charge in [-0.25, -0.2) is 0 Å². The number of rotatable bonds is 8. The molecule has 0 spiro atoms. The summed E-state index contributed by atoms with van der Waals surface area (Å²) in [5, 5.41) is 0. The second kappa shape index (κ2) is 10.0. The molecule has 1 amide bonds. The molecular formula is C19H28N2O4. The van der Waals surface area contributed by atoms with E-state index in [0.29, 0.717) is 52.2 Å². The van der Waals surface area contributed by atoms with Crippen LogP contribution in [0, 0.1) is 5.92 Å². The van der Waals surface area contributed by atoms with Crippen LogP contribution in [0.1, 0.15) is 19.8 Å². The van der Waals surface area contributed by atoms with E-state index in [4.69, 9.17) is 9.47 Å². The van der Waals surface area contributed by atoms with Crippen molar-refractivity contribution in [1.82, 2.24) is 9.80 Å². The first kappa shape index (κ1) is 19.2. The van der Waals surface area contributed by atoms with Gasteiger partial charge in [-0.3, -0.25) is 14.5 Å². The summed E-state index contributed by atoms with van der Waals surface area (Å²) in [6, 6.07) is 9.64. The number of carbonyl (C=O) groups excluding carboxylic acids is 2. The first-order valence-electron chi connectivity index (χ1n) is 8.91. The predicted octanol–water partition coefficient (Wildman–Crippen LogP) is 1.80. The van der Waals surface area contributed by atoms with Crippen molar-refractivity contribution in [3.63, 3.8) is 0 Å². The van der Waals surface area contributed by atoms with Gasteiger partial charge in [-0.1, -0.05) is 18.2 Å².